The Hall–Kier alpha value is -5.18. The van der Waals surface area contributed by atoms with Crippen LogP contribution in [0.4, 0.5) is 10.6 Å². The zero-order chi connectivity index (χ0) is 29.0. The molecule has 41 heavy (non-hydrogen) atoms. The van der Waals surface area contributed by atoms with Gasteiger partial charge in [0, 0.05) is 12.7 Å². The lowest BCUT2D eigenvalue weighted by Crippen LogP contribution is -2.48. The van der Waals surface area contributed by atoms with Crippen LogP contribution >= 0.6 is 0 Å². The van der Waals surface area contributed by atoms with E-state index < -0.39 is 18.1 Å². The van der Waals surface area contributed by atoms with E-state index in [0.717, 1.165) is 22.3 Å². The van der Waals surface area contributed by atoms with Crippen molar-refractivity contribution in [2.24, 2.45) is 0 Å². The lowest BCUT2D eigenvalue weighted by molar-refractivity contribution is -0.129. The second kappa shape index (κ2) is 14.3. The van der Waals surface area contributed by atoms with Gasteiger partial charge in [-0.1, -0.05) is 72.8 Å². The molecule has 3 amide bonds. The fraction of sp³-hybridized carbons (Fsp3) is 0.188. The van der Waals surface area contributed by atoms with Gasteiger partial charge in [0.2, 0.25) is 11.8 Å². The first-order valence-corrected chi connectivity index (χ1v) is 13.2. The fourth-order valence-electron chi connectivity index (χ4n) is 4.48. The molecule has 0 aliphatic rings. The average Bonchev–Trinajstić information content (AvgIpc) is 2.99. The molecule has 9 heteroatoms. The quantitative estimate of drug-likeness (QED) is 0.201. The summed E-state index contributed by atoms with van der Waals surface area (Å²) < 4.78 is 5.20. The van der Waals surface area contributed by atoms with E-state index in [-0.39, 0.29) is 30.6 Å². The maximum Gasteiger partial charge on any atom is 0.410 e. The molecule has 1 aromatic heterocycles. The molecule has 0 radical (unpaired) electrons. The van der Waals surface area contributed by atoms with Crippen LogP contribution in [0, 0.1) is 0 Å². The maximum absolute atomic E-state index is 13.8. The van der Waals surface area contributed by atoms with Gasteiger partial charge in [0.1, 0.15) is 17.6 Å². The van der Waals surface area contributed by atoms with E-state index in [1.165, 1.54) is 6.20 Å². The number of carbonyl (C=O) groups excluding carboxylic acids is 2. The SMILES string of the molecule is COc1ccc(CNC(=O)C(CCc2ccnc(NC(=O)O)c2)NC(=O)C(c2ccccc2)c2ccccc2)cc1. The maximum atomic E-state index is 13.8. The molecule has 0 aliphatic carbocycles. The highest BCUT2D eigenvalue weighted by Crippen LogP contribution is 2.25. The molecule has 0 spiro atoms. The molecule has 3 aromatic carbocycles. The zero-order valence-corrected chi connectivity index (χ0v) is 22.6. The first-order valence-electron chi connectivity index (χ1n) is 13.2. The van der Waals surface area contributed by atoms with Crippen LogP contribution < -0.4 is 20.7 Å². The highest BCUT2D eigenvalue weighted by Gasteiger charge is 2.28. The third-order valence-electron chi connectivity index (χ3n) is 6.57. The van der Waals surface area contributed by atoms with Gasteiger partial charge in [0.15, 0.2) is 0 Å². The third-order valence-corrected chi connectivity index (χ3v) is 6.57. The molecule has 210 valence electrons. The molecular weight excluding hydrogens is 520 g/mol. The number of nitrogens with one attached hydrogen (secondary N) is 3. The summed E-state index contributed by atoms with van der Waals surface area (Å²) in [6.45, 7) is 0.276. The van der Waals surface area contributed by atoms with E-state index in [1.807, 2.05) is 84.9 Å². The predicted molar refractivity (Wildman–Crippen MR) is 156 cm³/mol. The number of pyridine rings is 1. The second-order valence-corrected chi connectivity index (χ2v) is 9.40. The molecule has 1 heterocycles. The summed E-state index contributed by atoms with van der Waals surface area (Å²) in [5.41, 5.74) is 3.28. The van der Waals surface area contributed by atoms with Crippen molar-refractivity contribution in [2.45, 2.75) is 31.3 Å². The summed E-state index contributed by atoms with van der Waals surface area (Å²) in [6.07, 6.45) is 0.968. The standard InChI is InChI=1S/C32H32N4O5/c1-41-26-15-12-23(13-16-26)21-34-30(37)27(17-14-22-18-19-33-28(20-22)36-32(39)40)35-31(38)29(24-8-4-2-5-9-24)25-10-6-3-7-11-25/h2-13,15-16,18-20,27,29H,14,17,21H2,1H3,(H,33,36)(H,34,37)(H,35,38)(H,39,40). The Labute approximate surface area is 238 Å². The number of hydrogen-bond donors (Lipinski definition) is 4. The van der Waals surface area contributed by atoms with Crippen LogP contribution in [-0.2, 0) is 22.6 Å². The Bertz CT molecular complexity index is 1410. The van der Waals surface area contributed by atoms with Crippen LogP contribution in [0.15, 0.2) is 103 Å². The number of rotatable bonds is 12. The van der Waals surface area contributed by atoms with E-state index >= 15 is 0 Å². The monoisotopic (exact) mass is 552 g/mol. The minimum absolute atomic E-state index is 0.188. The lowest BCUT2D eigenvalue weighted by Gasteiger charge is -2.23. The molecule has 4 N–H and O–H groups in total. The topological polar surface area (TPSA) is 130 Å². The molecule has 0 fully saturated rings. The van der Waals surface area contributed by atoms with Gasteiger partial charge in [0.25, 0.3) is 0 Å². The van der Waals surface area contributed by atoms with Crippen LogP contribution in [0.2, 0.25) is 0 Å². The first kappa shape index (κ1) is 28.8. The number of amides is 3. The summed E-state index contributed by atoms with van der Waals surface area (Å²) in [4.78, 5) is 42.3. The summed E-state index contributed by atoms with van der Waals surface area (Å²) in [6, 6.07) is 28.7. The van der Waals surface area contributed by atoms with Crippen LogP contribution in [0.1, 0.15) is 34.6 Å². The van der Waals surface area contributed by atoms with Crippen molar-refractivity contribution < 1.29 is 24.2 Å². The summed E-state index contributed by atoms with van der Waals surface area (Å²) in [5.74, 6) is -0.330. The van der Waals surface area contributed by atoms with Gasteiger partial charge in [-0.05, 0) is 59.4 Å². The van der Waals surface area contributed by atoms with E-state index in [0.29, 0.717) is 12.2 Å². The van der Waals surface area contributed by atoms with Crippen molar-refractivity contribution in [3.8, 4) is 5.75 Å². The smallest absolute Gasteiger partial charge is 0.410 e. The van der Waals surface area contributed by atoms with Crippen molar-refractivity contribution in [2.75, 3.05) is 12.4 Å². The van der Waals surface area contributed by atoms with Crippen LogP contribution in [0.25, 0.3) is 0 Å². The third kappa shape index (κ3) is 8.40. The van der Waals surface area contributed by atoms with E-state index in [4.69, 9.17) is 9.84 Å². The number of carboxylic acid groups (broad SMARTS) is 1. The molecule has 0 bridgehead atoms. The van der Waals surface area contributed by atoms with Crippen LogP contribution in [-0.4, -0.2) is 41.1 Å². The van der Waals surface area contributed by atoms with Crippen molar-refractivity contribution in [3.63, 3.8) is 0 Å². The number of ether oxygens (including phenoxy) is 1. The zero-order valence-electron chi connectivity index (χ0n) is 22.6. The van der Waals surface area contributed by atoms with Gasteiger partial charge >= 0.3 is 6.09 Å². The minimum Gasteiger partial charge on any atom is -0.497 e. The number of methoxy groups -OCH3 is 1. The Balaban J connectivity index is 1.54. The van der Waals surface area contributed by atoms with Gasteiger partial charge in [-0.25, -0.2) is 9.78 Å². The molecule has 9 nitrogen and oxygen atoms in total. The molecular formula is C32H32N4O5. The first-order chi connectivity index (χ1) is 19.9. The molecule has 0 aliphatic heterocycles. The highest BCUT2D eigenvalue weighted by atomic mass is 16.5. The van der Waals surface area contributed by atoms with Gasteiger partial charge in [-0.3, -0.25) is 14.9 Å². The van der Waals surface area contributed by atoms with E-state index in [9.17, 15) is 14.4 Å². The van der Waals surface area contributed by atoms with Crippen molar-refractivity contribution >= 4 is 23.7 Å². The molecule has 4 aromatic rings. The Morgan fingerprint density at radius 1 is 0.829 bits per heavy atom. The Kier molecular flexibility index (Phi) is 10.0. The lowest BCUT2D eigenvalue weighted by atomic mass is 9.90. The van der Waals surface area contributed by atoms with E-state index in [1.54, 1.807) is 19.2 Å². The number of aryl methyl sites for hydroxylation is 1. The molecule has 1 unspecified atom stereocenters. The number of nitrogens with zero attached hydrogens (tertiary/aromatic N) is 1. The molecule has 4 rings (SSSR count). The van der Waals surface area contributed by atoms with Gasteiger partial charge in [-0.15, -0.1) is 0 Å². The fourth-order valence-corrected chi connectivity index (χ4v) is 4.48. The number of aromatic nitrogens is 1. The summed E-state index contributed by atoms with van der Waals surface area (Å²) >= 11 is 0. The number of carbonyl (C=O) groups is 3. The van der Waals surface area contributed by atoms with Crippen LogP contribution in [0.3, 0.4) is 0 Å². The van der Waals surface area contributed by atoms with Gasteiger partial charge in [-0.2, -0.15) is 0 Å². The van der Waals surface area contributed by atoms with Crippen molar-refractivity contribution in [1.82, 2.24) is 15.6 Å². The summed E-state index contributed by atoms with van der Waals surface area (Å²) in [7, 11) is 1.59. The van der Waals surface area contributed by atoms with Gasteiger partial charge in [0.05, 0.1) is 13.0 Å². The normalized spacial score (nSPS) is 11.4. The Morgan fingerprint density at radius 2 is 1.46 bits per heavy atom. The Morgan fingerprint density at radius 3 is 2.05 bits per heavy atom. The number of hydrogen-bond acceptors (Lipinski definition) is 5. The predicted octanol–water partition coefficient (Wildman–Crippen LogP) is 4.75. The van der Waals surface area contributed by atoms with Crippen molar-refractivity contribution in [3.05, 3.63) is 126 Å². The van der Waals surface area contributed by atoms with Crippen molar-refractivity contribution in [1.29, 1.82) is 0 Å². The van der Waals surface area contributed by atoms with Gasteiger partial charge < -0.3 is 20.5 Å². The second-order valence-electron chi connectivity index (χ2n) is 9.40. The molecule has 0 saturated heterocycles. The number of benzene rings is 3. The average molecular weight is 553 g/mol. The summed E-state index contributed by atoms with van der Waals surface area (Å²) in [5, 5.41) is 17.2. The van der Waals surface area contributed by atoms with E-state index in [2.05, 4.69) is 20.9 Å². The van der Waals surface area contributed by atoms with Crippen LogP contribution in [0.5, 0.6) is 5.75 Å². The highest BCUT2D eigenvalue weighted by molar-refractivity contribution is 5.92. The largest absolute Gasteiger partial charge is 0.497 e. The molecule has 1 atom stereocenters. The minimum atomic E-state index is -1.22. The molecule has 0 saturated carbocycles. The number of anilines is 1.